The molecule has 0 saturated carbocycles. The summed E-state index contributed by atoms with van der Waals surface area (Å²) in [6.45, 7) is 6.89. The van der Waals surface area contributed by atoms with Crippen molar-refractivity contribution >= 4 is 39.5 Å². The zero-order valence-electron chi connectivity index (χ0n) is 16.0. The van der Waals surface area contributed by atoms with E-state index in [-0.39, 0.29) is 54.8 Å². The molecule has 0 aromatic rings. The predicted molar refractivity (Wildman–Crippen MR) is 101 cm³/mol. The van der Waals surface area contributed by atoms with Gasteiger partial charge in [0.25, 0.3) is 0 Å². The van der Waals surface area contributed by atoms with Gasteiger partial charge in [-0.15, -0.1) is 5.76 Å². The van der Waals surface area contributed by atoms with Gasteiger partial charge in [-0.3, -0.25) is 4.21 Å². The first-order chi connectivity index (χ1) is 10.6. The Labute approximate surface area is 183 Å². The van der Waals surface area contributed by atoms with Gasteiger partial charge >= 0.3 is 41.6 Å². The Hall–Kier alpha value is 0.160. The van der Waals surface area contributed by atoms with Crippen molar-refractivity contribution < 1.29 is 57.9 Å². The van der Waals surface area contributed by atoms with Crippen LogP contribution in [0.3, 0.4) is 0 Å². The fourth-order valence-corrected chi connectivity index (χ4v) is 3.35. The normalized spacial score (nSPS) is 15.2. The van der Waals surface area contributed by atoms with Crippen molar-refractivity contribution in [3.63, 3.8) is 0 Å². The third-order valence-corrected chi connectivity index (χ3v) is 4.08. The summed E-state index contributed by atoms with van der Waals surface area (Å²) in [7, 11) is 0. The minimum Gasteiger partial charge on any atom is -0.875 e. The van der Waals surface area contributed by atoms with E-state index in [1.807, 2.05) is 0 Å². The number of carbonyl (C=O) groups is 2. The van der Waals surface area contributed by atoms with Crippen LogP contribution in [-0.4, -0.2) is 47.0 Å². The average Bonchev–Trinajstić information content (AvgIpc) is 2.29. The first kappa shape index (κ1) is 27.4. The van der Waals surface area contributed by atoms with E-state index in [2.05, 4.69) is 5.32 Å². The molecule has 1 N–H and O–H groups in total. The minimum absolute atomic E-state index is 0. The number of ether oxygens (including phenoxy) is 2. The minimum atomic E-state index is -3.10. The zero-order valence-corrected chi connectivity index (χ0v) is 21.0. The maximum absolute atomic E-state index is 12.1. The first-order valence-corrected chi connectivity index (χ1v) is 12.9. The second-order valence-corrected chi connectivity index (χ2v) is 18.5. The molecule has 0 saturated heterocycles. The van der Waals surface area contributed by atoms with Gasteiger partial charge in [-0.05, 0) is 52.2 Å². The number of hydrogen-bond donors (Lipinski definition) is 1. The first-order valence-electron chi connectivity index (χ1n) is 7.47. The predicted octanol–water partition coefficient (Wildman–Crippen LogP) is -1.14. The van der Waals surface area contributed by atoms with Crippen molar-refractivity contribution in [2.24, 2.45) is 0 Å². The number of rotatable bonds is 7. The van der Waals surface area contributed by atoms with Gasteiger partial charge in [0.2, 0.25) is 0 Å². The number of hydrogen-bond acceptors (Lipinski definition) is 6. The summed E-state index contributed by atoms with van der Waals surface area (Å²) in [6, 6.07) is -1.00. The summed E-state index contributed by atoms with van der Waals surface area (Å²) in [5.41, 5.74) is -0.711. The molecule has 0 unspecified atom stereocenters. The van der Waals surface area contributed by atoms with E-state index in [0.29, 0.717) is 0 Å². The fourth-order valence-electron chi connectivity index (χ4n) is 1.65. The van der Waals surface area contributed by atoms with Gasteiger partial charge in [0.1, 0.15) is 11.6 Å². The molecular weight excluding hydrogens is 472 g/mol. The molecule has 142 valence electrons. The number of allylic oxidation sites excluding steroid dienone is 1. The Morgan fingerprint density at radius 1 is 1.32 bits per heavy atom. The number of halogens is 1. The van der Waals surface area contributed by atoms with Gasteiger partial charge in [0, 0.05) is 33.7 Å². The Kier molecular flexibility index (Phi) is 11.5. The summed E-state index contributed by atoms with van der Waals surface area (Å²) in [5.74, 6) is -0.997. The van der Waals surface area contributed by atoms with Crippen molar-refractivity contribution in [2.75, 3.05) is 19.1 Å². The van der Waals surface area contributed by atoms with Gasteiger partial charge < -0.3 is 19.9 Å². The monoisotopic (exact) mass is 499 g/mol. The van der Waals surface area contributed by atoms with Crippen molar-refractivity contribution in [1.82, 2.24) is 5.32 Å². The summed E-state index contributed by atoms with van der Waals surface area (Å²) in [4.78, 5) is 23.8. The van der Waals surface area contributed by atoms with Gasteiger partial charge in [-0.1, -0.05) is 0 Å². The third-order valence-electron chi connectivity index (χ3n) is 2.40. The molecule has 0 aliphatic rings. The van der Waals surface area contributed by atoms with Crippen LogP contribution in [-0.2, 0) is 20.5 Å². The Bertz CT molecular complexity index is 556. The molecule has 0 radical (unpaired) electrons. The van der Waals surface area contributed by atoms with Crippen molar-refractivity contribution in [2.45, 2.75) is 52.2 Å². The average molecular weight is 499 g/mol. The Morgan fingerprint density at radius 3 is 2.24 bits per heavy atom. The molecule has 7 nitrogen and oxygen atoms in total. The molecule has 0 aromatic heterocycles. The van der Waals surface area contributed by atoms with E-state index in [4.69, 9.17) is 9.47 Å². The van der Waals surface area contributed by atoms with E-state index < -0.39 is 29.9 Å². The van der Waals surface area contributed by atoms with Crippen molar-refractivity contribution in [3.05, 3.63) is 11.2 Å². The van der Waals surface area contributed by atoms with Crippen LogP contribution in [0.25, 0.3) is 0 Å². The van der Waals surface area contributed by atoms with Crippen molar-refractivity contribution in [3.8, 4) is 0 Å². The van der Waals surface area contributed by atoms with Gasteiger partial charge in [0.15, 0.2) is 0 Å². The van der Waals surface area contributed by atoms with E-state index in [0.717, 1.165) is 0 Å². The van der Waals surface area contributed by atoms with Crippen LogP contribution in [0, 0.1) is 0 Å². The SMILES string of the molecule is CCOC(=O)[C@H](CC/C([O-])=C/S(C)(C)(=O)I)NC(=O)OC(C)(C)C.[Na+]. The summed E-state index contributed by atoms with van der Waals surface area (Å²) >= 11 is 1.74. The largest absolute Gasteiger partial charge is 1.00 e. The van der Waals surface area contributed by atoms with Crippen LogP contribution in [0.5, 0.6) is 0 Å². The second-order valence-electron chi connectivity index (χ2n) is 6.84. The maximum Gasteiger partial charge on any atom is 1.00 e. The number of nitrogens with one attached hydrogen (secondary N) is 1. The Morgan fingerprint density at radius 2 is 1.84 bits per heavy atom. The van der Waals surface area contributed by atoms with Crippen LogP contribution in [0.2, 0.25) is 0 Å². The maximum atomic E-state index is 12.1. The molecule has 25 heavy (non-hydrogen) atoms. The van der Waals surface area contributed by atoms with Gasteiger partial charge in [0.05, 0.1) is 6.61 Å². The second kappa shape index (κ2) is 10.5. The number of alkyl carbamates (subject to hydrolysis) is 1. The molecule has 0 fully saturated rings. The fraction of sp³-hybridized carbons (Fsp3) is 0.733. The number of esters is 1. The molecule has 0 aromatic carbocycles. The molecular formula is C15H27INNaO6S. The topological polar surface area (TPSA) is 105 Å². The molecule has 0 spiro atoms. The van der Waals surface area contributed by atoms with Crippen LogP contribution in [0.4, 0.5) is 4.79 Å². The van der Waals surface area contributed by atoms with E-state index >= 15 is 0 Å². The van der Waals surface area contributed by atoms with E-state index in [9.17, 15) is 18.9 Å². The van der Waals surface area contributed by atoms with Crippen LogP contribution in [0.1, 0.15) is 40.5 Å². The molecule has 0 heterocycles. The summed E-state index contributed by atoms with van der Waals surface area (Å²) in [6.07, 6.45) is -0.908. The summed E-state index contributed by atoms with van der Waals surface area (Å²) < 4.78 is 22.1. The third kappa shape index (κ3) is 16.1. The Balaban J connectivity index is 0. The molecule has 0 bridgehead atoms. The molecule has 0 rings (SSSR count). The number of carbonyl (C=O) groups excluding carboxylic acids is 2. The van der Waals surface area contributed by atoms with Crippen LogP contribution < -0.4 is 40.0 Å². The standard InChI is InChI=1S/C15H28INO6S.Na/c1-7-22-13(19)12(17-14(20)23-15(2,3)4)9-8-11(18)10-24(5,6,16)21;/h10,12,18H,7-9H2,1-6H3,(H,17,20);/q;+1/p-1/b11-10-;/t12-;/m0./s1. The zero-order chi connectivity index (χ0) is 19.2. The van der Waals surface area contributed by atoms with Crippen molar-refractivity contribution in [1.29, 1.82) is 0 Å². The van der Waals surface area contributed by atoms with Gasteiger partial charge in [-0.25, -0.2) is 9.59 Å². The van der Waals surface area contributed by atoms with Gasteiger partial charge in [-0.2, -0.15) is 0 Å². The van der Waals surface area contributed by atoms with Crippen LogP contribution in [0.15, 0.2) is 11.2 Å². The molecule has 0 aliphatic heterocycles. The smallest absolute Gasteiger partial charge is 0.875 e. The quantitative estimate of drug-likeness (QED) is 0.156. The number of amides is 1. The van der Waals surface area contributed by atoms with E-state index in [1.54, 1.807) is 48.9 Å². The summed E-state index contributed by atoms with van der Waals surface area (Å²) in [5, 5.41) is 15.5. The molecule has 1 amide bonds. The molecule has 1 atom stereocenters. The van der Waals surface area contributed by atoms with Crippen LogP contribution >= 0.6 is 21.2 Å². The molecule has 10 heteroatoms. The molecule has 0 aliphatic carbocycles. The van der Waals surface area contributed by atoms with E-state index in [1.165, 1.54) is 17.9 Å².